The number of nitrogens with one attached hydrogen (secondary N) is 2. The largest absolute Gasteiger partial charge is 0.494 e. The average Bonchev–Trinajstić information content (AvgIpc) is 2.62. The summed E-state index contributed by atoms with van der Waals surface area (Å²) in [5.74, 6) is -2.43. The third kappa shape index (κ3) is 5.81. The third-order valence-corrected chi connectivity index (χ3v) is 4.67. The number of carbonyl (C=O) groups is 1. The Hall–Kier alpha value is -2.88. The quantitative estimate of drug-likeness (QED) is 0.711. The molecule has 0 aliphatic rings. The van der Waals surface area contributed by atoms with Crippen LogP contribution >= 0.6 is 0 Å². The van der Waals surface area contributed by atoms with Crippen LogP contribution in [0, 0.1) is 11.6 Å². The fourth-order valence-corrected chi connectivity index (χ4v) is 2.67. The second kappa shape index (κ2) is 8.67. The maximum Gasteiger partial charge on any atom is 0.262 e. The van der Waals surface area contributed by atoms with Crippen molar-refractivity contribution >= 4 is 27.3 Å². The van der Waals surface area contributed by atoms with E-state index in [9.17, 15) is 22.0 Å². The Labute approximate surface area is 155 Å². The number of rotatable bonds is 8. The van der Waals surface area contributed by atoms with E-state index in [1.165, 1.54) is 32.2 Å². The maximum atomic E-state index is 13.5. The van der Waals surface area contributed by atoms with Gasteiger partial charge in [-0.2, -0.15) is 0 Å². The summed E-state index contributed by atoms with van der Waals surface area (Å²) in [5.41, 5.74) is 0.543. The number of methoxy groups -OCH3 is 1. The number of amides is 1. The highest BCUT2D eigenvalue weighted by Crippen LogP contribution is 2.29. The van der Waals surface area contributed by atoms with Crippen LogP contribution < -0.4 is 19.5 Å². The molecule has 1 amide bonds. The summed E-state index contributed by atoms with van der Waals surface area (Å²) in [6.07, 6.45) is 0. The Morgan fingerprint density at radius 1 is 1.11 bits per heavy atom. The molecule has 2 aromatic rings. The Kier molecular flexibility index (Phi) is 6.56. The molecule has 10 heteroatoms. The summed E-state index contributed by atoms with van der Waals surface area (Å²) >= 11 is 0. The van der Waals surface area contributed by atoms with Crippen molar-refractivity contribution < 1.29 is 31.5 Å². The fourth-order valence-electron chi connectivity index (χ4n) is 2.03. The Morgan fingerprint density at radius 3 is 2.48 bits per heavy atom. The second-order valence-corrected chi connectivity index (χ2v) is 7.34. The zero-order valence-corrected chi connectivity index (χ0v) is 15.4. The molecule has 0 bridgehead atoms. The van der Waals surface area contributed by atoms with E-state index in [0.29, 0.717) is 11.8 Å². The summed E-state index contributed by atoms with van der Waals surface area (Å²) in [4.78, 5) is 11.9. The van der Waals surface area contributed by atoms with E-state index in [-0.39, 0.29) is 22.9 Å². The van der Waals surface area contributed by atoms with E-state index in [0.717, 1.165) is 12.1 Å². The van der Waals surface area contributed by atoms with E-state index in [4.69, 9.17) is 9.47 Å². The van der Waals surface area contributed by atoms with Crippen LogP contribution in [0.4, 0.5) is 20.2 Å². The minimum atomic E-state index is -3.49. The van der Waals surface area contributed by atoms with Gasteiger partial charge in [-0.05, 0) is 31.2 Å². The smallest absolute Gasteiger partial charge is 0.262 e. The molecule has 0 saturated heterocycles. The van der Waals surface area contributed by atoms with Gasteiger partial charge in [0.1, 0.15) is 11.6 Å². The van der Waals surface area contributed by atoms with Gasteiger partial charge in [-0.3, -0.25) is 9.52 Å². The lowest BCUT2D eigenvalue weighted by atomic mass is 10.2. The van der Waals surface area contributed by atoms with Gasteiger partial charge in [-0.15, -0.1) is 0 Å². The highest BCUT2D eigenvalue weighted by atomic mass is 32.2. The molecule has 146 valence electrons. The number of ether oxygens (including phenoxy) is 2. The molecular formula is C17H18F2N2O5S. The average molecular weight is 400 g/mol. The predicted molar refractivity (Wildman–Crippen MR) is 96.6 cm³/mol. The molecule has 0 unspecified atom stereocenters. The Bertz CT molecular complexity index is 935. The minimum Gasteiger partial charge on any atom is -0.494 e. The van der Waals surface area contributed by atoms with Crippen LogP contribution in [0.5, 0.6) is 11.5 Å². The first kappa shape index (κ1) is 20.4. The maximum absolute atomic E-state index is 13.5. The molecule has 0 aliphatic carbocycles. The number of benzene rings is 2. The molecule has 0 fully saturated rings. The van der Waals surface area contributed by atoms with E-state index in [1.807, 2.05) is 0 Å². The van der Waals surface area contributed by atoms with Crippen molar-refractivity contribution in [2.24, 2.45) is 0 Å². The number of hydrogen-bond acceptors (Lipinski definition) is 5. The van der Waals surface area contributed by atoms with Crippen LogP contribution in [0.25, 0.3) is 0 Å². The lowest BCUT2D eigenvalue weighted by Gasteiger charge is -2.13. The summed E-state index contributed by atoms with van der Waals surface area (Å²) in [5, 5.41) is 2.50. The summed E-state index contributed by atoms with van der Waals surface area (Å²) in [6, 6.07) is 7.06. The molecule has 0 radical (unpaired) electrons. The van der Waals surface area contributed by atoms with Crippen LogP contribution in [0.15, 0.2) is 36.4 Å². The predicted octanol–water partition coefficient (Wildman–Crippen LogP) is 2.75. The van der Waals surface area contributed by atoms with Gasteiger partial charge in [0.05, 0.1) is 18.6 Å². The first-order valence-electron chi connectivity index (χ1n) is 7.80. The number of hydrogen-bond donors (Lipinski definition) is 2. The van der Waals surface area contributed by atoms with Gasteiger partial charge in [0.2, 0.25) is 10.0 Å². The third-order valence-electron chi connectivity index (χ3n) is 3.38. The van der Waals surface area contributed by atoms with Gasteiger partial charge in [0.25, 0.3) is 5.91 Å². The summed E-state index contributed by atoms with van der Waals surface area (Å²) in [6.45, 7) is 0.989. The molecule has 0 saturated carbocycles. The normalized spacial score (nSPS) is 11.0. The van der Waals surface area contributed by atoms with Gasteiger partial charge in [-0.25, -0.2) is 17.2 Å². The van der Waals surface area contributed by atoms with Crippen LogP contribution in [0.1, 0.15) is 6.92 Å². The van der Waals surface area contributed by atoms with E-state index < -0.39 is 34.2 Å². The van der Waals surface area contributed by atoms with Crippen molar-refractivity contribution in [1.29, 1.82) is 0 Å². The zero-order valence-electron chi connectivity index (χ0n) is 14.6. The molecule has 7 nitrogen and oxygen atoms in total. The molecule has 2 rings (SSSR count). The Balaban J connectivity index is 2.02. The number of anilines is 2. The molecule has 0 atom stereocenters. The van der Waals surface area contributed by atoms with Gasteiger partial charge in [0, 0.05) is 17.8 Å². The molecule has 2 N–H and O–H groups in total. The minimum absolute atomic E-state index is 0.105. The molecule has 0 aliphatic heterocycles. The van der Waals surface area contributed by atoms with Crippen LogP contribution in [-0.2, 0) is 14.8 Å². The zero-order chi connectivity index (χ0) is 20.0. The van der Waals surface area contributed by atoms with Crippen LogP contribution in [0.2, 0.25) is 0 Å². The fraction of sp³-hybridized carbons (Fsp3) is 0.235. The highest BCUT2D eigenvalue weighted by molar-refractivity contribution is 7.92. The summed E-state index contributed by atoms with van der Waals surface area (Å²) < 4.78 is 62.1. The van der Waals surface area contributed by atoms with E-state index in [2.05, 4.69) is 10.0 Å². The summed E-state index contributed by atoms with van der Waals surface area (Å²) in [7, 11) is -2.13. The van der Waals surface area contributed by atoms with Crippen molar-refractivity contribution in [3.8, 4) is 11.5 Å². The number of carbonyl (C=O) groups excluding carboxylic acids is 1. The number of sulfonamides is 1. The van der Waals surface area contributed by atoms with Gasteiger partial charge in [-0.1, -0.05) is 0 Å². The van der Waals surface area contributed by atoms with E-state index in [1.54, 1.807) is 0 Å². The molecule has 0 aromatic heterocycles. The lowest BCUT2D eigenvalue weighted by molar-refractivity contribution is -0.118. The van der Waals surface area contributed by atoms with Crippen molar-refractivity contribution in [3.05, 3.63) is 48.0 Å². The van der Waals surface area contributed by atoms with Gasteiger partial charge in [0.15, 0.2) is 18.2 Å². The molecular weight excluding hydrogens is 382 g/mol. The highest BCUT2D eigenvalue weighted by Gasteiger charge is 2.13. The topological polar surface area (TPSA) is 93.7 Å². The first-order chi connectivity index (χ1) is 12.7. The van der Waals surface area contributed by atoms with Crippen LogP contribution in [-0.4, -0.2) is 33.8 Å². The van der Waals surface area contributed by atoms with Gasteiger partial charge >= 0.3 is 0 Å². The standard InChI is InChI=1S/C17H18F2N2O5S/c1-3-27(23,24)21-14-6-5-12(9-16(14)25-2)20-17(22)10-26-15-7-4-11(18)8-13(15)19/h4-9,21H,3,10H2,1-2H3,(H,20,22). The van der Waals surface area contributed by atoms with Gasteiger partial charge < -0.3 is 14.8 Å². The van der Waals surface area contributed by atoms with Crippen molar-refractivity contribution in [2.45, 2.75) is 6.92 Å². The Morgan fingerprint density at radius 2 is 1.85 bits per heavy atom. The number of halogens is 2. The monoisotopic (exact) mass is 400 g/mol. The van der Waals surface area contributed by atoms with E-state index >= 15 is 0 Å². The molecule has 0 spiro atoms. The lowest BCUT2D eigenvalue weighted by Crippen LogP contribution is -2.20. The SMILES string of the molecule is CCS(=O)(=O)Nc1ccc(NC(=O)COc2ccc(F)cc2F)cc1OC. The van der Waals surface area contributed by atoms with Crippen LogP contribution in [0.3, 0.4) is 0 Å². The molecule has 27 heavy (non-hydrogen) atoms. The first-order valence-corrected chi connectivity index (χ1v) is 9.45. The molecule has 2 aromatic carbocycles. The van der Waals surface area contributed by atoms with Crippen molar-refractivity contribution in [3.63, 3.8) is 0 Å². The second-order valence-electron chi connectivity index (χ2n) is 5.33. The van der Waals surface area contributed by atoms with Crippen molar-refractivity contribution in [2.75, 3.05) is 29.5 Å². The van der Waals surface area contributed by atoms with Crippen molar-refractivity contribution in [1.82, 2.24) is 0 Å². The molecule has 0 heterocycles.